The Balaban J connectivity index is 1.35. The highest BCUT2D eigenvalue weighted by Gasteiger charge is 2.22. The number of para-hydroxylation sites is 1. The van der Waals surface area contributed by atoms with Gasteiger partial charge in [0.1, 0.15) is 0 Å². The van der Waals surface area contributed by atoms with Gasteiger partial charge in [0.25, 0.3) is 5.91 Å². The summed E-state index contributed by atoms with van der Waals surface area (Å²) in [6.07, 6.45) is 2.26. The van der Waals surface area contributed by atoms with Gasteiger partial charge in [-0.05, 0) is 75.2 Å². The lowest BCUT2D eigenvalue weighted by Crippen LogP contribution is -2.40. The summed E-state index contributed by atoms with van der Waals surface area (Å²) in [5.74, 6) is -0.227. The molecule has 0 radical (unpaired) electrons. The summed E-state index contributed by atoms with van der Waals surface area (Å²) < 4.78 is 5.25. The van der Waals surface area contributed by atoms with E-state index in [1.165, 1.54) is 0 Å². The Morgan fingerprint density at radius 3 is 2.24 bits per heavy atom. The number of nitrogens with one attached hydrogen (secondary N) is 1. The van der Waals surface area contributed by atoms with Gasteiger partial charge in [0, 0.05) is 36.2 Å². The largest absolute Gasteiger partial charge is 0.451 e. The van der Waals surface area contributed by atoms with E-state index in [2.05, 4.69) is 20.4 Å². The van der Waals surface area contributed by atoms with Gasteiger partial charge in [0.15, 0.2) is 18.1 Å². The minimum absolute atomic E-state index is 0.0863. The summed E-state index contributed by atoms with van der Waals surface area (Å²) in [6, 6.07) is 20.7. The van der Waals surface area contributed by atoms with Crippen molar-refractivity contribution >= 4 is 34.8 Å². The van der Waals surface area contributed by atoms with Gasteiger partial charge in [-0.2, -0.15) is 0 Å². The van der Waals surface area contributed by atoms with Crippen LogP contribution in [-0.2, 0) is 9.53 Å². The number of amides is 1. The average molecular weight is 460 g/mol. The summed E-state index contributed by atoms with van der Waals surface area (Å²) in [4.78, 5) is 29.1. The molecule has 1 saturated heterocycles. The summed E-state index contributed by atoms with van der Waals surface area (Å²) in [7, 11) is 0. The van der Waals surface area contributed by atoms with Gasteiger partial charge < -0.3 is 19.9 Å². The Hall–Kier alpha value is -3.94. The molecule has 2 aromatic carbocycles. The van der Waals surface area contributed by atoms with E-state index in [4.69, 9.17) is 4.74 Å². The van der Waals surface area contributed by atoms with Crippen LogP contribution in [0.5, 0.6) is 0 Å². The van der Waals surface area contributed by atoms with E-state index >= 15 is 0 Å². The normalized spacial score (nSPS) is 13.1. The van der Waals surface area contributed by atoms with E-state index in [9.17, 15) is 9.59 Å². The number of ether oxygens (including phenoxy) is 1. The maximum absolute atomic E-state index is 12.9. The van der Waals surface area contributed by atoms with Crippen LogP contribution in [0.4, 0.5) is 22.9 Å². The number of hydrogen-bond acceptors (Lipinski definition) is 7. The molecule has 8 nitrogen and oxygen atoms in total. The van der Waals surface area contributed by atoms with Crippen LogP contribution in [0.3, 0.4) is 0 Å². The van der Waals surface area contributed by atoms with Gasteiger partial charge in [-0.15, -0.1) is 10.2 Å². The molecule has 0 bridgehead atoms. The van der Waals surface area contributed by atoms with Crippen LogP contribution in [0.25, 0.3) is 0 Å². The van der Waals surface area contributed by atoms with Gasteiger partial charge in [-0.25, -0.2) is 4.79 Å². The van der Waals surface area contributed by atoms with E-state index in [0.717, 1.165) is 48.8 Å². The SMILES string of the molecule is CC(C)N(C(=O)COC(=O)c1ccc(N2CCCC2)nn1)c1ccc(Nc2ccccc2)cc1. The maximum atomic E-state index is 12.9. The highest BCUT2D eigenvalue weighted by Crippen LogP contribution is 2.23. The van der Waals surface area contributed by atoms with Crippen molar-refractivity contribution in [2.75, 3.05) is 34.8 Å². The minimum atomic E-state index is -0.667. The Kier molecular flexibility index (Phi) is 7.37. The predicted octanol–water partition coefficient (Wildman–Crippen LogP) is 4.42. The van der Waals surface area contributed by atoms with E-state index in [1.54, 1.807) is 17.0 Å². The van der Waals surface area contributed by atoms with Crippen LogP contribution < -0.4 is 15.1 Å². The Morgan fingerprint density at radius 1 is 0.941 bits per heavy atom. The molecule has 3 aromatic rings. The zero-order valence-corrected chi connectivity index (χ0v) is 19.5. The number of benzene rings is 2. The molecule has 1 fully saturated rings. The summed E-state index contributed by atoms with van der Waals surface area (Å²) >= 11 is 0. The molecule has 8 heteroatoms. The number of nitrogens with zero attached hydrogens (tertiary/aromatic N) is 4. The first kappa shape index (κ1) is 23.2. The van der Waals surface area contributed by atoms with Crippen LogP contribution in [0.1, 0.15) is 37.2 Å². The zero-order valence-electron chi connectivity index (χ0n) is 19.5. The Morgan fingerprint density at radius 2 is 1.62 bits per heavy atom. The molecule has 1 aliphatic rings. The van der Waals surface area contributed by atoms with Gasteiger partial charge in [-0.3, -0.25) is 4.79 Å². The summed E-state index contributed by atoms with van der Waals surface area (Å²) in [5, 5.41) is 11.4. The topological polar surface area (TPSA) is 87.7 Å². The number of carbonyl (C=O) groups is 2. The Labute approximate surface area is 199 Å². The third-order valence-electron chi connectivity index (χ3n) is 5.61. The van der Waals surface area contributed by atoms with Crippen molar-refractivity contribution in [3.05, 3.63) is 72.4 Å². The molecular weight excluding hydrogens is 430 g/mol. The molecule has 34 heavy (non-hydrogen) atoms. The fourth-order valence-corrected chi connectivity index (χ4v) is 3.94. The number of aromatic nitrogens is 2. The van der Waals surface area contributed by atoms with E-state index in [-0.39, 0.29) is 24.2 Å². The number of esters is 1. The fourth-order valence-electron chi connectivity index (χ4n) is 3.94. The summed E-state index contributed by atoms with van der Waals surface area (Å²) in [5.41, 5.74) is 2.71. The van der Waals surface area contributed by atoms with Gasteiger partial charge in [0.05, 0.1) is 0 Å². The monoisotopic (exact) mass is 459 g/mol. The average Bonchev–Trinajstić information content (AvgIpc) is 3.39. The minimum Gasteiger partial charge on any atom is -0.451 e. The molecule has 0 aliphatic carbocycles. The lowest BCUT2D eigenvalue weighted by atomic mass is 10.2. The van der Waals surface area contributed by atoms with Crippen molar-refractivity contribution in [3.8, 4) is 0 Å². The van der Waals surface area contributed by atoms with Gasteiger partial charge in [0.2, 0.25) is 0 Å². The molecule has 0 unspecified atom stereocenters. The van der Waals surface area contributed by atoms with Crippen molar-refractivity contribution in [1.82, 2.24) is 10.2 Å². The first-order valence-electron chi connectivity index (χ1n) is 11.5. The molecule has 0 spiro atoms. The van der Waals surface area contributed by atoms with Crippen molar-refractivity contribution in [1.29, 1.82) is 0 Å². The number of anilines is 4. The second-order valence-corrected chi connectivity index (χ2v) is 8.44. The third kappa shape index (κ3) is 5.70. The molecule has 0 atom stereocenters. The quantitative estimate of drug-likeness (QED) is 0.499. The molecular formula is C26H29N5O3. The zero-order chi connectivity index (χ0) is 23.9. The lowest BCUT2D eigenvalue weighted by molar-refractivity contribution is -0.122. The van der Waals surface area contributed by atoms with Crippen molar-refractivity contribution in [2.45, 2.75) is 32.7 Å². The van der Waals surface area contributed by atoms with Crippen LogP contribution in [0.2, 0.25) is 0 Å². The first-order chi connectivity index (χ1) is 16.5. The lowest BCUT2D eigenvalue weighted by Gasteiger charge is -2.27. The first-order valence-corrected chi connectivity index (χ1v) is 11.5. The second-order valence-electron chi connectivity index (χ2n) is 8.44. The molecule has 176 valence electrons. The predicted molar refractivity (Wildman–Crippen MR) is 133 cm³/mol. The third-order valence-corrected chi connectivity index (χ3v) is 5.61. The van der Waals surface area contributed by atoms with Gasteiger partial charge in [-0.1, -0.05) is 18.2 Å². The molecule has 1 N–H and O–H groups in total. The Bertz CT molecular complexity index is 1100. The number of carbonyl (C=O) groups excluding carboxylic acids is 2. The van der Waals surface area contributed by atoms with Gasteiger partial charge >= 0.3 is 5.97 Å². The number of rotatable bonds is 8. The standard InChI is InChI=1S/C26H29N5O3/c1-19(2)31(22-12-10-21(11-13-22)27-20-8-4-3-5-9-20)25(32)18-34-26(33)23-14-15-24(29-28-23)30-16-6-7-17-30/h3-5,8-15,19,27H,6-7,16-18H2,1-2H3. The summed E-state index contributed by atoms with van der Waals surface area (Å²) in [6.45, 7) is 5.34. The van der Waals surface area contributed by atoms with Crippen LogP contribution in [0.15, 0.2) is 66.7 Å². The van der Waals surface area contributed by atoms with Crippen molar-refractivity contribution in [3.63, 3.8) is 0 Å². The van der Waals surface area contributed by atoms with Crippen molar-refractivity contribution < 1.29 is 14.3 Å². The van der Waals surface area contributed by atoms with E-state index in [0.29, 0.717) is 0 Å². The van der Waals surface area contributed by atoms with Crippen LogP contribution in [0, 0.1) is 0 Å². The maximum Gasteiger partial charge on any atom is 0.359 e. The molecule has 1 amide bonds. The number of hydrogen-bond donors (Lipinski definition) is 1. The van der Waals surface area contributed by atoms with Crippen molar-refractivity contribution in [2.24, 2.45) is 0 Å². The molecule has 2 heterocycles. The van der Waals surface area contributed by atoms with E-state index < -0.39 is 5.97 Å². The highest BCUT2D eigenvalue weighted by molar-refractivity contribution is 5.97. The smallest absolute Gasteiger partial charge is 0.359 e. The molecule has 1 aliphatic heterocycles. The second kappa shape index (κ2) is 10.8. The van der Waals surface area contributed by atoms with E-state index in [1.807, 2.05) is 68.4 Å². The fraction of sp³-hybridized carbons (Fsp3) is 0.308. The van der Waals surface area contributed by atoms with Crippen LogP contribution >= 0.6 is 0 Å². The van der Waals surface area contributed by atoms with Crippen LogP contribution in [-0.4, -0.2) is 47.8 Å². The highest BCUT2D eigenvalue weighted by atomic mass is 16.5. The molecule has 4 rings (SSSR count). The molecule has 1 aromatic heterocycles. The molecule has 0 saturated carbocycles.